The van der Waals surface area contributed by atoms with Crippen LogP contribution in [0.15, 0.2) is 18.2 Å². The first kappa shape index (κ1) is 15.2. The topological polar surface area (TPSA) is 87.7 Å². The second-order valence-electron chi connectivity index (χ2n) is 4.91. The quantitative estimate of drug-likeness (QED) is 0.795. The molecule has 6 nitrogen and oxygen atoms in total. The van der Waals surface area contributed by atoms with E-state index in [9.17, 15) is 14.0 Å². The van der Waals surface area contributed by atoms with Gasteiger partial charge in [-0.3, -0.25) is 0 Å². The molecule has 21 heavy (non-hydrogen) atoms. The van der Waals surface area contributed by atoms with Crippen LogP contribution < -0.4 is 10.6 Å². The summed E-state index contributed by atoms with van der Waals surface area (Å²) >= 11 is 0. The second-order valence-corrected chi connectivity index (χ2v) is 4.91. The number of ether oxygens (including phenoxy) is 1. The number of carbonyl (C=O) groups excluding carboxylic acids is 1. The van der Waals surface area contributed by atoms with Crippen LogP contribution in [0, 0.1) is 5.82 Å². The lowest BCUT2D eigenvalue weighted by Gasteiger charge is -2.20. The van der Waals surface area contributed by atoms with Crippen LogP contribution in [-0.2, 0) is 4.74 Å². The van der Waals surface area contributed by atoms with E-state index in [-0.39, 0.29) is 23.4 Å². The molecule has 0 spiro atoms. The molecule has 2 unspecified atom stereocenters. The number of amides is 2. The number of methoxy groups -OCH3 is 1. The Hall–Kier alpha value is -2.15. The Morgan fingerprint density at radius 3 is 2.81 bits per heavy atom. The molecule has 0 radical (unpaired) electrons. The fraction of sp³-hybridized carbons (Fsp3) is 0.429. The van der Waals surface area contributed by atoms with Crippen LogP contribution in [0.5, 0.6) is 0 Å². The highest BCUT2D eigenvalue weighted by molar-refractivity contribution is 6.00. The summed E-state index contributed by atoms with van der Waals surface area (Å²) in [5.41, 5.74) is -0.242. The predicted molar refractivity (Wildman–Crippen MR) is 73.9 cm³/mol. The van der Waals surface area contributed by atoms with Gasteiger partial charge in [-0.15, -0.1) is 0 Å². The van der Waals surface area contributed by atoms with Crippen molar-refractivity contribution in [2.45, 2.75) is 31.4 Å². The molecule has 1 aliphatic carbocycles. The van der Waals surface area contributed by atoms with Gasteiger partial charge in [0.2, 0.25) is 0 Å². The number of nitrogens with one attached hydrogen (secondary N) is 2. The minimum Gasteiger partial charge on any atom is -0.478 e. The van der Waals surface area contributed by atoms with Gasteiger partial charge in [0.15, 0.2) is 0 Å². The van der Waals surface area contributed by atoms with Crippen LogP contribution in [0.2, 0.25) is 0 Å². The van der Waals surface area contributed by atoms with E-state index >= 15 is 0 Å². The van der Waals surface area contributed by atoms with Gasteiger partial charge in [-0.05, 0) is 37.5 Å². The van der Waals surface area contributed by atoms with Crippen molar-refractivity contribution in [3.63, 3.8) is 0 Å². The minimum atomic E-state index is -1.24. The average molecular weight is 296 g/mol. The number of rotatable bonds is 4. The Morgan fingerprint density at radius 1 is 1.38 bits per heavy atom. The van der Waals surface area contributed by atoms with Crippen molar-refractivity contribution in [1.29, 1.82) is 0 Å². The van der Waals surface area contributed by atoms with Gasteiger partial charge in [-0.1, -0.05) is 0 Å². The molecule has 114 valence electrons. The highest BCUT2D eigenvalue weighted by Crippen LogP contribution is 2.22. The summed E-state index contributed by atoms with van der Waals surface area (Å²) in [6.45, 7) is 0. The van der Waals surface area contributed by atoms with Crippen LogP contribution in [-0.4, -0.2) is 36.4 Å². The highest BCUT2D eigenvalue weighted by atomic mass is 19.1. The molecule has 0 aromatic heterocycles. The minimum absolute atomic E-state index is 0.0535. The molecule has 0 bridgehead atoms. The second kappa shape index (κ2) is 6.53. The lowest BCUT2D eigenvalue weighted by Crippen LogP contribution is -2.43. The van der Waals surface area contributed by atoms with Gasteiger partial charge in [0.1, 0.15) is 5.82 Å². The van der Waals surface area contributed by atoms with Crippen molar-refractivity contribution in [2.75, 3.05) is 12.4 Å². The van der Waals surface area contributed by atoms with Crippen molar-refractivity contribution in [2.24, 2.45) is 0 Å². The molecule has 1 aromatic rings. The van der Waals surface area contributed by atoms with Gasteiger partial charge in [-0.2, -0.15) is 0 Å². The Bertz CT molecular complexity index is 550. The lowest BCUT2D eigenvalue weighted by atomic mass is 10.1. The molecule has 1 aromatic carbocycles. The molecular formula is C14H17FN2O4. The summed E-state index contributed by atoms with van der Waals surface area (Å²) in [5, 5.41) is 14.1. The van der Waals surface area contributed by atoms with Crippen LogP contribution in [0.3, 0.4) is 0 Å². The number of carboxylic acids is 1. The summed E-state index contributed by atoms with van der Waals surface area (Å²) in [4.78, 5) is 23.0. The van der Waals surface area contributed by atoms with Crippen LogP contribution in [0.1, 0.15) is 29.6 Å². The standard InChI is InChI=1S/C14H17FN2O4/c1-21-12-4-2-3-10(12)16-14(20)17-11-7-8(15)5-6-9(11)13(18)19/h5-7,10,12H,2-4H2,1H3,(H,18,19)(H2,16,17,20). The Balaban J connectivity index is 2.06. The first-order valence-corrected chi connectivity index (χ1v) is 6.64. The fourth-order valence-electron chi connectivity index (χ4n) is 2.51. The molecule has 0 heterocycles. The van der Waals surface area contributed by atoms with Crippen LogP contribution in [0.4, 0.5) is 14.9 Å². The van der Waals surface area contributed by atoms with E-state index in [1.807, 2.05) is 0 Å². The maximum Gasteiger partial charge on any atom is 0.337 e. The van der Waals surface area contributed by atoms with Crippen molar-refractivity contribution < 1.29 is 23.8 Å². The number of aromatic carboxylic acids is 1. The highest BCUT2D eigenvalue weighted by Gasteiger charge is 2.28. The molecule has 7 heteroatoms. The number of carbonyl (C=O) groups is 2. The summed E-state index contributed by atoms with van der Waals surface area (Å²) in [5.74, 6) is -1.85. The third kappa shape index (κ3) is 3.69. The largest absolute Gasteiger partial charge is 0.478 e. The zero-order chi connectivity index (χ0) is 15.4. The van der Waals surface area contributed by atoms with E-state index in [4.69, 9.17) is 9.84 Å². The lowest BCUT2D eigenvalue weighted by molar-refractivity contribution is 0.0698. The first-order valence-electron chi connectivity index (χ1n) is 6.64. The van der Waals surface area contributed by atoms with Crippen molar-refractivity contribution >= 4 is 17.7 Å². The zero-order valence-corrected chi connectivity index (χ0v) is 11.6. The predicted octanol–water partition coefficient (Wildman–Crippen LogP) is 2.21. The maximum atomic E-state index is 13.2. The van der Waals surface area contributed by atoms with E-state index < -0.39 is 17.8 Å². The summed E-state index contributed by atoms with van der Waals surface area (Å²) in [6.07, 6.45) is 2.55. The number of carboxylic acid groups (broad SMARTS) is 1. The van der Waals surface area contributed by atoms with Crippen molar-refractivity contribution in [1.82, 2.24) is 5.32 Å². The molecule has 1 fully saturated rings. The number of benzene rings is 1. The number of hydrogen-bond acceptors (Lipinski definition) is 3. The Labute approximate surface area is 121 Å². The number of anilines is 1. The number of urea groups is 1. The fourth-order valence-corrected chi connectivity index (χ4v) is 2.51. The first-order chi connectivity index (χ1) is 10.0. The van der Waals surface area contributed by atoms with Gasteiger partial charge in [0.05, 0.1) is 23.4 Å². The molecule has 0 aliphatic heterocycles. The van der Waals surface area contributed by atoms with Gasteiger partial charge >= 0.3 is 12.0 Å². The summed E-state index contributed by atoms with van der Waals surface area (Å²) in [7, 11) is 1.58. The molecule has 1 saturated carbocycles. The molecule has 2 amide bonds. The molecule has 3 N–H and O–H groups in total. The van der Waals surface area contributed by atoms with Crippen LogP contribution in [0.25, 0.3) is 0 Å². The third-order valence-corrected chi connectivity index (χ3v) is 3.53. The summed E-state index contributed by atoms with van der Waals surface area (Å²) < 4.78 is 18.5. The molecule has 2 atom stereocenters. The van der Waals surface area contributed by atoms with Crippen molar-refractivity contribution in [3.05, 3.63) is 29.6 Å². The molecule has 1 aliphatic rings. The van der Waals surface area contributed by atoms with Crippen LogP contribution >= 0.6 is 0 Å². The molecular weight excluding hydrogens is 279 g/mol. The van der Waals surface area contributed by atoms with E-state index in [2.05, 4.69) is 10.6 Å². The third-order valence-electron chi connectivity index (χ3n) is 3.53. The van der Waals surface area contributed by atoms with Gasteiger partial charge in [-0.25, -0.2) is 14.0 Å². The zero-order valence-electron chi connectivity index (χ0n) is 11.6. The molecule has 0 saturated heterocycles. The van der Waals surface area contributed by atoms with E-state index in [1.54, 1.807) is 7.11 Å². The summed E-state index contributed by atoms with van der Waals surface area (Å²) in [6, 6.07) is 2.42. The van der Waals surface area contributed by atoms with E-state index in [0.29, 0.717) is 0 Å². The van der Waals surface area contributed by atoms with Gasteiger partial charge < -0.3 is 20.5 Å². The van der Waals surface area contributed by atoms with Crippen molar-refractivity contribution in [3.8, 4) is 0 Å². The number of hydrogen-bond donors (Lipinski definition) is 3. The smallest absolute Gasteiger partial charge is 0.337 e. The monoisotopic (exact) mass is 296 g/mol. The Kier molecular flexibility index (Phi) is 4.74. The van der Waals surface area contributed by atoms with Gasteiger partial charge in [0.25, 0.3) is 0 Å². The average Bonchev–Trinajstić information content (AvgIpc) is 2.85. The van der Waals surface area contributed by atoms with Gasteiger partial charge in [0, 0.05) is 7.11 Å². The molecule has 2 rings (SSSR count). The maximum absolute atomic E-state index is 13.2. The normalized spacial score (nSPS) is 21.0. The SMILES string of the molecule is COC1CCCC1NC(=O)Nc1cc(F)ccc1C(=O)O. The van der Waals surface area contributed by atoms with E-state index in [1.165, 1.54) is 0 Å². The number of halogens is 1. The van der Waals surface area contributed by atoms with E-state index in [0.717, 1.165) is 37.5 Å². The Morgan fingerprint density at radius 2 is 2.14 bits per heavy atom.